The zero-order chi connectivity index (χ0) is 11.4. The summed E-state index contributed by atoms with van der Waals surface area (Å²) in [6.07, 6.45) is -0.596. The molecule has 0 aliphatic heterocycles. The first-order valence-corrected chi connectivity index (χ1v) is 4.82. The number of aliphatic hydroxyl groups is 1. The summed E-state index contributed by atoms with van der Waals surface area (Å²) in [5.41, 5.74) is 6.26. The summed E-state index contributed by atoms with van der Waals surface area (Å²) in [6.45, 7) is 2.07. The fourth-order valence-electron chi connectivity index (χ4n) is 1.52. The zero-order valence-electron chi connectivity index (χ0n) is 8.96. The van der Waals surface area contributed by atoms with Crippen LogP contribution in [0.5, 0.6) is 5.75 Å². The van der Waals surface area contributed by atoms with Crippen LogP contribution in [-0.2, 0) is 0 Å². The molecule has 0 aliphatic carbocycles. The van der Waals surface area contributed by atoms with Crippen molar-refractivity contribution in [1.82, 2.24) is 0 Å². The van der Waals surface area contributed by atoms with Crippen molar-refractivity contribution in [3.05, 3.63) is 29.1 Å². The van der Waals surface area contributed by atoms with Crippen molar-refractivity contribution in [3.63, 3.8) is 0 Å². The van der Waals surface area contributed by atoms with Gasteiger partial charge in [0, 0.05) is 0 Å². The van der Waals surface area contributed by atoms with Gasteiger partial charge in [-0.15, -0.1) is 0 Å². The number of aryl methyl sites for hydroxylation is 1. The Morgan fingerprint density at radius 1 is 1.53 bits per heavy atom. The van der Waals surface area contributed by atoms with E-state index in [1.165, 1.54) is 13.2 Å². The summed E-state index contributed by atoms with van der Waals surface area (Å²) in [7, 11) is 1.45. The van der Waals surface area contributed by atoms with Gasteiger partial charge in [0.15, 0.2) is 0 Å². The number of benzene rings is 1. The lowest BCUT2D eigenvalue weighted by Gasteiger charge is -2.15. The SMILES string of the molecule is COc1cc(C)cc(F)c1[C@@H](O)CCN. The lowest BCUT2D eigenvalue weighted by molar-refractivity contribution is 0.161. The highest BCUT2D eigenvalue weighted by Gasteiger charge is 2.18. The molecule has 0 radical (unpaired) electrons. The summed E-state index contributed by atoms with van der Waals surface area (Å²) < 4.78 is 18.6. The summed E-state index contributed by atoms with van der Waals surface area (Å²) in [5, 5.41) is 9.70. The smallest absolute Gasteiger partial charge is 0.132 e. The predicted molar refractivity (Wildman–Crippen MR) is 56.3 cm³/mol. The Hall–Kier alpha value is -1.13. The van der Waals surface area contributed by atoms with Crippen molar-refractivity contribution in [2.45, 2.75) is 19.4 Å². The van der Waals surface area contributed by atoms with E-state index >= 15 is 0 Å². The molecule has 0 unspecified atom stereocenters. The number of methoxy groups -OCH3 is 1. The Labute approximate surface area is 88.7 Å². The van der Waals surface area contributed by atoms with E-state index in [9.17, 15) is 9.50 Å². The molecule has 1 atom stereocenters. The first-order valence-electron chi connectivity index (χ1n) is 4.82. The number of aliphatic hydroxyl groups excluding tert-OH is 1. The lowest BCUT2D eigenvalue weighted by atomic mass is 10.0. The summed E-state index contributed by atoms with van der Waals surface area (Å²) in [4.78, 5) is 0. The highest BCUT2D eigenvalue weighted by atomic mass is 19.1. The van der Waals surface area contributed by atoms with Crippen molar-refractivity contribution in [3.8, 4) is 5.75 Å². The van der Waals surface area contributed by atoms with Crippen LogP contribution in [0.25, 0.3) is 0 Å². The molecule has 84 valence electrons. The van der Waals surface area contributed by atoms with Gasteiger partial charge in [-0.3, -0.25) is 0 Å². The first-order chi connectivity index (χ1) is 7.10. The van der Waals surface area contributed by atoms with E-state index in [-0.39, 0.29) is 5.56 Å². The minimum Gasteiger partial charge on any atom is -0.496 e. The third-order valence-electron chi connectivity index (χ3n) is 2.23. The van der Waals surface area contributed by atoms with E-state index in [1.54, 1.807) is 13.0 Å². The predicted octanol–water partition coefficient (Wildman–Crippen LogP) is 1.52. The molecule has 0 aromatic heterocycles. The second-order valence-corrected chi connectivity index (χ2v) is 3.46. The van der Waals surface area contributed by atoms with E-state index in [0.29, 0.717) is 18.7 Å². The maximum Gasteiger partial charge on any atom is 0.132 e. The average Bonchev–Trinajstić information content (AvgIpc) is 2.16. The minimum absolute atomic E-state index is 0.188. The molecule has 15 heavy (non-hydrogen) atoms. The standard InChI is InChI=1S/C11H16FNO2/c1-7-5-8(12)11(9(14)3-4-13)10(6-7)15-2/h5-6,9,14H,3-4,13H2,1-2H3/t9-/m0/s1. The van der Waals surface area contributed by atoms with Crippen molar-refractivity contribution in [2.24, 2.45) is 5.73 Å². The normalized spacial score (nSPS) is 12.6. The van der Waals surface area contributed by atoms with Gasteiger partial charge >= 0.3 is 0 Å². The monoisotopic (exact) mass is 213 g/mol. The summed E-state index contributed by atoms with van der Waals surface area (Å²) >= 11 is 0. The van der Waals surface area contributed by atoms with Crippen molar-refractivity contribution in [1.29, 1.82) is 0 Å². The lowest BCUT2D eigenvalue weighted by Crippen LogP contribution is -2.10. The molecule has 0 saturated carbocycles. The first kappa shape index (κ1) is 11.9. The second kappa shape index (κ2) is 5.09. The topological polar surface area (TPSA) is 55.5 Å². The molecule has 0 heterocycles. The van der Waals surface area contributed by atoms with Gasteiger partial charge in [-0.2, -0.15) is 0 Å². The van der Waals surface area contributed by atoms with Crippen LogP contribution in [-0.4, -0.2) is 18.8 Å². The van der Waals surface area contributed by atoms with E-state index in [1.807, 2.05) is 0 Å². The summed E-state index contributed by atoms with van der Waals surface area (Å²) in [5.74, 6) is -0.0822. The highest BCUT2D eigenvalue weighted by molar-refractivity contribution is 5.39. The largest absolute Gasteiger partial charge is 0.496 e. The fourth-order valence-corrected chi connectivity index (χ4v) is 1.52. The molecule has 4 heteroatoms. The Balaban J connectivity index is 3.14. The molecule has 0 bridgehead atoms. The molecule has 3 nitrogen and oxygen atoms in total. The van der Waals surface area contributed by atoms with Gasteiger partial charge in [-0.05, 0) is 37.6 Å². The van der Waals surface area contributed by atoms with Gasteiger partial charge < -0.3 is 15.6 Å². The number of hydrogen-bond acceptors (Lipinski definition) is 3. The van der Waals surface area contributed by atoms with Crippen LogP contribution in [0, 0.1) is 12.7 Å². The molecule has 3 N–H and O–H groups in total. The Kier molecular flexibility index (Phi) is 4.05. The molecule has 0 amide bonds. The number of halogens is 1. The molecule has 0 fully saturated rings. The quantitative estimate of drug-likeness (QED) is 0.797. The number of ether oxygens (including phenoxy) is 1. The molecule has 1 rings (SSSR count). The number of rotatable bonds is 4. The van der Waals surface area contributed by atoms with Crippen molar-refractivity contribution < 1.29 is 14.2 Å². The third-order valence-corrected chi connectivity index (χ3v) is 2.23. The van der Waals surface area contributed by atoms with Gasteiger partial charge in [-0.25, -0.2) is 4.39 Å². The van der Waals surface area contributed by atoms with Crippen LogP contribution in [0.2, 0.25) is 0 Å². The van der Waals surface area contributed by atoms with Gasteiger partial charge in [-0.1, -0.05) is 0 Å². The molecule has 0 saturated heterocycles. The van der Waals surface area contributed by atoms with E-state index in [4.69, 9.17) is 10.5 Å². The van der Waals surface area contributed by atoms with E-state index in [2.05, 4.69) is 0 Å². The molecular weight excluding hydrogens is 197 g/mol. The van der Waals surface area contributed by atoms with Gasteiger partial charge in [0.1, 0.15) is 11.6 Å². The number of hydrogen-bond donors (Lipinski definition) is 2. The van der Waals surface area contributed by atoms with Crippen LogP contribution in [0.3, 0.4) is 0 Å². The van der Waals surface area contributed by atoms with Gasteiger partial charge in [0.25, 0.3) is 0 Å². The molecule has 1 aromatic rings. The van der Waals surface area contributed by atoms with Crippen LogP contribution < -0.4 is 10.5 Å². The number of nitrogens with two attached hydrogens (primary N) is 1. The van der Waals surface area contributed by atoms with Crippen LogP contribution in [0.1, 0.15) is 23.7 Å². The second-order valence-electron chi connectivity index (χ2n) is 3.46. The fraction of sp³-hybridized carbons (Fsp3) is 0.455. The van der Waals surface area contributed by atoms with Gasteiger partial charge in [0.2, 0.25) is 0 Å². The highest BCUT2D eigenvalue weighted by Crippen LogP contribution is 2.30. The Morgan fingerprint density at radius 3 is 2.73 bits per heavy atom. The van der Waals surface area contributed by atoms with Crippen LogP contribution in [0.15, 0.2) is 12.1 Å². The van der Waals surface area contributed by atoms with E-state index < -0.39 is 11.9 Å². The molecule has 1 aromatic carbocycles. The molecule has 0 spiro atoms. The Bertz CT molecular complexity index is 342. The maximum atomic E-state index is 13.6. The van der Waals surface area contributed by atoms with Gasteiger partial charge in [0.05, 0.1) is 18.8 Å². The van der Waals surface area contributed by atoms with Crippen LogP contribution >= 0.6 is 0 Å². The molecule has 0 aliphatic rings. The maximum absolute atomic E-state index is 13.6. The van der Waals surface area contributed by atoms with Crippen LogP contribution in [0.4, 0.5) is 4.39 Å². The van der Waals surface area contributed by atoms with Crippen molar-refractivity contribution >= 4 is 0 Å². The van der Waals surface area contributed by atoms with E-state index in [0.717, 1.165) is 5.56 Å². The Morgan fingerprint density at radius 2 is 2.20 bits per heavy atom. The summed E-state index contributed by atoms with van der Waals surface area (Å²) in [6, 6.07) is 3.07. The molecular formula is C11H16FNO2. The minimum atomic E-state index is -0.912. The third kappa shape index (κ3) is 2.67. The zero-order valence-corrected chi connectivity index (χ0v) is 8.96. The van der Waals surface area contributed by atoms with Crippen molar-refractivity contribution in [2.75, 3.05) is 13.7 Å². The average molecular weight is 213 g/mol.